The minimum Gasteiger partial charge on any atom is -0.340 e. The van der Waals surface area contributed by atoms with Crippen molar-refractivity contribution < 1.29 is 4.79 Å². The number of carbonyl (C=O) groups excluding carboxylic acids is 1. The maximum Gasteiger partial charge on any atom is 0.227 e. The van der Waals surface area contributed by atoms with Crippen molar-refractivity contribution in [1.29, 1.82) is 0 Å². The van der Waals surface area contributed by atoms with Crippen molar-refractivity contribution in [2.45, 2.75) is 12.8 Å². The lowest BCUT2D eigenvalue weighted by Crippen LogP contribution is -2.49. The summed E-state index contributed by atoms with van der Waals surface area (Å²) in [7, 11) is 0. The Balaban J connectivity index is 1.44. The van der Waals surface area contributed by atoms with E-state index in [4.69, 9.17) is 0 Å². The normalized spacial score (nSPS) is 15.5. The van der Waals surface area contributed by atoms with Gasteiger partial charge in [-0.15, -0.1) is 0 Å². The van der Waals surface area contributed by atoms with Gasteiger partial charge in [-0.2, -0.15) is 0 Å². The quantitative estimate of drug-likeness (QED) is 0.786. The maximum atomic E-state index is 12.5. The predicted octanol–water partition coefficient (Wildman–Crippen LogP) is 3.38. The van der Waals surface area contributed by atoms with Crippen molar-refractivity contribution in [3.8, 4) is 0 Å². The van der Waals surface area contributed by atoms with Crippen LogP contribution in [0.5, 0.6) is 0 Å². The smallest absolute Gasteiger partial charge is 0.227 e. The minimum absolute atomic E-state index is 0.226. The molecule has 1 saturated heterocycles. The molecule has 0 bridgehead atoms. The highest BCUT2D eigenvalue weighted by atomic mass is 79.9. The summed E-state index contributed by atoms with van der Waals surface area (Å²) in [6, 6.07) is 18.6. The largest absolute Gasteiger partial charge is 0.340 e. The molecule has 4 heteroatoms. The zero-order valence-corrected chi connectivity index (χ0v) is 15.4. The molecule has 1 aliphatic heterocycles. The monoisotopic (exact) mass is 386 g/mol. The average molecular weight is 387 g/mol. The fraction of sp³-hybridized carbons (Fsp3) is 0.350. The lowest BCUT2D eigenvalue weighted by atomic mass is 10.1. The summed E-state index contributed by atoms with van der Waals surface area (Å²) in [5.74, 6) is 0.226. The topological polar surface area (TPSA) is 23.6 Å². The van der Waals surface area contributed by atoms with Gasteiger partial charge in [-0.3, -0.25) is 9.69 Å². The number of benzene rings is 2. The zero-order valence-electron chi connectivity index (χ0n) is 13.8. The molecule has 1 heterocycles. The molecule has 2 aromatic rings. The first-order valence-corrected chi connectivity index (χ1v) is 9.29. The molecule has 0 atom stereocenters. The fourth-order valence-electron chi connectivity index (χ4n) is 3.07. The summed E-state index contributed by atoms with van der Waals surface area (Å²) in [4.78, 5) is 16.9. The Kier molecular flexibility index (Phi) is 6.05. The number of piperazine rings is 1. The van der Waals surface area contributed by atoms with Crippen molar-refractivity contribution >= 4 is 21.8 Å². The molecule has 3 rings (SSSR count). The van der Waals surface area contributed by atoms with Crippen LogP contribution in [0.25, 0.3) is 0 Å². The third kappa shape index (κ3) is 4.68. The van der Waals surface area contributed by atoms with Gasteiger partial charge < -0.3 is 4.90 Å². The van der Waals surface area contributed by atoms with Crippen LogP contribution in [-0.2, 0) is 17.6 Å². The highest BCUT2D eigenvalue weighted by Crippen LogP contribution is 2.17. The SMILES string of the molecule is O=C(Cc1ccccc1Br)N1CCN(CCc2ccccc2)CC1. The van der Waals surface area contributed by atoms with Crippen LogP contribution in [0.4, 0.5) is 0 Å². The van der Waals surface area contributed by atoms with E-state index in [0.29, 0.717) is 6.42 Å². The van der Waals surface area contributed by atoms with Gasteiger partial charge in [-0.05, 0) is 23.6 Å². The molecule has 0 saturated carbocycles. The first-order valence-electron chi connectivity index (χ1n) is 8.50. The van der Waals surface area contributed by atoms with Gasteiger partial charge in [0, 0.05) is 37.2 Å². The van der Waals surface area contributed by atoms with Gasteiger partial charge in [0.2, 0.25) is 5.91 Å². The van der Waals surface area contributed by atoms with Crippen molar-refractivity contribution in [3.63, 3.8) is 0 Å². The lowest BCUT2D eigenvalue weighted by Gasteiger charge is -2.35. The molecule has 1 aliphatic rings. The van der Waals surface area contributed by atoms with Crippen molar-refractivity contribution in [2.24, 2.45) is 0 Å². The molecule has 126 valence electrons. The van der Waals surface area contributed by atoms with Gasteiger partial charge >= 0.3 is 0 Å². The van der Waals surface area contributed by atoms with Crippen LogP contribution >= 0.6 is 15.9 Å². The van der Waals surface area contributed by atoms with E-state index in [9.17, 15) is 4.79 Å². The van der Waals surface area contributed by atoms with Crippen LogP contribution < -0.4 is 0 Å². The van der Waals surface area contributed by atoms with Crippen molar-refractivity contribution in [3.05, 3.63) is 70.2 Å². The van der Waals surface area contributed by atoms with Gasteiger partial charge in [0.1, 0.15) is 0 Å². The van der Waals surface area contributed by atoms with Gasteiger partial charge in [0.25, 0.3) is 0 Å². The van der Waals surface area contributed by atoms with Crippen LogP contribution in [0, 0.1) is 0 Å². The van der Waals surface area contributed by atoms with E-state index in [2.05, 4.69) is 51.2 Å². The Morgan fingerprint density at radius 2 is 1.58 bits per heavy atom. The number of nitrogens with zero attached hydrogens (tertiary/aromatic N) is 2. The number of carbonyl (C=O) groups is 1. The van der Waals surface area contributed by atoms with E-state index in [0.717, 1.165) is 49.2 Å². The fourth-order valence-corrected chi connectivity index (χ4v) is 3.49. The van der Waals surface area contributed by atoms with E-state index in [1.54, 1.807) is 0 Å². The van der Waals surface area contributed by atoms with Crippen LogP contribution in [0.3, 0.4) is 0 Å². The molecule has 0 aliphatic carbocycles. The summed E-state index contributed by atoms with van der Waals surface area (Å²) in [6.45, 7) is 4.66. The van der Waals surface area contributed by atoms with Gasteiger partial charge in [-0.1, -0.05) is 64.5 Å². The highest BCUT2D eigenvalue weighted by molar-refractivity contribution is 9.10. The summed E-state index contributed by atoms with van der Waals surface area (Å²) < 4.78 is 1.01. The summed E-state index contributed by atoms with van der Waals surface area (Å²) >= 11 is 3.52. The van der Waals surface area contributed by atoms with E-state index in [1.165, 1.54) is 5.56 Å². The number of rotatable bonds is 5. The Hall–Kier alpha value is -1.65. The zero-order chi connectivity index (χ0) is 16.8. The number of amides is 1. The summed E-state index contributed by atoms with van der Waals surface area (Å²) in [5.41, 5.74) is 2.44. The molecular formula is C20H23BrN2O. The molecule has 0 spiro atoms. The molecule has 24 heavy (non-hydrogen) atoms. The predicted molar refractivity (Wildman–Crippen MR) is 101 cm³/mol. The third-order valence-corrected chi connectivity index (χ3v) is 5.36. The van der Waals surface area contributed by atoms with Crippen LogP contribution in [0.1, 0.15) is 11.1 Å². The third-order valence-electron chi connectivity index (χ3n) is 4.58. The number of halogens is 1. The molecule has 3 nitrogen and oxygen atoms in total. The summed E-state index contributed by atoms with van der Waals surface area (Å²) in [5, 5.41) is 0. The maximum absolute atomic E-state index is 12.5. The molecule has 2 aromatic carbocycles. The minimum atomic E-state index is 0.226. The second kappa shape index (κ2) is 8.45. The van der Waals surface area contributed by atoms with Gasteiger partial charge in [0.15, 0.2) is 0 Å². The average Bonchev–Trinajstić information content (AvgIpc) is 2.63. The molecule has 0 aromatic heterocycles. The van der Waals surface area contributed by atoms with E-state index >= 15 is 0 Å². The van der Waals surface area contributed by atoms with E-state index < -0.39 is 0 Å². The van der Waals surface area contributed by atoms with Crippen LogP contribution in [0.2, 0.25) is 0 Å². The van der Waals surface area contributed by atoms with Crippen molar-refractivity contribution in [2.75, 3.05) is 32.7 Å². The second-order valence-electron chi connectivity index (χ2n) is 6.23. The first-order chi connectivity index (χ1) is 11.7. The van der Waals surface area contributed by atoms with E-state index in [-0.39, 0.29) is 5.91 Å². The molecule has 0 unspecified atom stereocenters. The van der Waals surface area contributed by atoms with Gasteiger partial charge in [0.05, 0.1) is 6.42 Å². The Bertz CT molecular complexity index is 666. The molecular weight excluding hydrogens is 364 g/mol. The standard InChI is InChI=1S/C20H23BrN2O/c21-19-9-5-4-8-18(19)16-20(24)23-14-12-22(13-15-23)11-10-17-6-2-1-3-7-17/h1-9H,10-16H2. The molecule has 0 N–H and O–H groups in total. The Morgan fingerprint density at radius 1 is 0.917 bits per heavy atom. The lowest BCUT2D eigenvalue weighted by molar-refractivity contribution is -0.132. The number of hydrogen-bond donors (Lipinski definition) is 0. The first kappa shape index (κ1) is 17.2. The van der Waals surface area contributed by atoms with E-state index in [1.807, 2.05) is 29.2 Å². The number of hydrogen-bond acceptors (Lipinski definition) is 2. The Morgan fingerprint density at radius 3 is 2.29 bits per heavy atom. The molecule has 1 amide bonds. The van der Waals surface area contributed by atoms with Crippen LogP contribution in [-0.4, -0.2) is 48.4 Å². The Labute approximate surface area is 152 Å². The second-order valence-corrected chi connectivity index (χ2v) is 7.08. The van der Waals surface area contributed by atoms with Crippen LogP contribution in [0.15, 0.2) is 59.1 Å². The molecule has 1 fully saturated rings. The van der Waals surface area contributed by atoms with Gasteiger partial charge in [-0.25, -0.2) is 0 Å². The summed E-state index contributed by atoms with van der Waals surface area (Å²) in [6.07, 6.45) is 1.55. The highest BCUT2D eigenvalue weighted by Gasteiger charge is 2.21. The molecule has 0 radical (unpaired) electrons. The van der Waals surface area contributed by atoms with Crippen molar-refractivity contribution in [1.82, 2.24) is 9.80 Å².